The van der Waals surface area contributed by atoms with Gasteiger partial charge in [0, 0.05) is 11.6 Å². The topological polar surface area (TPSA) is 12.0 Å². The maximum absolute atomic E-state index is 3.76. The van der Waals surface area contributed by atoms with Crippen molar-refractivity contribution in [2.45, 2.75) is 25.3 Å². The molecule has 31 heavy (non-hydrogen) atoms. The minimum atomic E-state index is -0.225. The molecule has 1 unspecified atom stereocenters. The summed E-state index contributed by atoms with van der Waals surface area (Å²) in [5.74, 6) is 0.214. The second kappa shape index (κ2) is 7.92. The minimum Gasteiger partial charge on any atom is -0.376 e. The zero-order chi connectivity index (χ0) is 21.3. The van der Waals surface area contributed by atoms with Crippen LogP contribution in [0, 0.1) is 0 Å². The molecule has 0 fully saturated rings. The van der Waals surface area contributed by atoms with Crippen LogP contribution in [0.2, 0.25) is 0 Å². The Bertz CT molecular complexity index is 1220. The quantitative estimate of drug-likeness (QED) is 0.361. The molecule has 0 aromatic heterocycles. The van der Waals surface area contributed by atoms with Crippen molar-refractivity contribution >= 4 is 17.3 Å². The Balaban J connectivity index is 1.64. The molecule has 0 aliphatic heterocycles. The summed E-state index contributed by atoms with van der Waals surface area (Å²) in [4.78, 5) is 0. The van der Waals surface area contributed by atoms with Gasteiger partial charge in [-0.1, -0.05) is 97.1 Å². The van der Waals surface area contributed by atoms with Crippen molar-refractivity contribution in [3.8, 4) is 0 Å². The highest BCUT2D eigenvalue weighted by Gasteiger charge is 2.32. The number of benzene rings is 4. The Labute approximate surface area is 185 Å². The van der Waals surface area contributed by atoms with Gasteiger partial charge in [0.1, 0.15) is 0 Å². The van der Waals surface area contributed by atoms with Crippen LogP contribution in [0.25, 0.3) is 11.6 Å². The predicted molar refractivity (Wildman–Crippen MR) is 132 cm³/mol. The lowest BCUT2D eigenvalue weighted by Crippen LogP contribution is -2.30. The van der Waals surface area contributed by atoms with E-state index >= 15 is 0 Å². The molecular weight excluding hydrogens is 374 g/mol. The third kappa shape index (κ3) is 3.68. The second-order valence-corrected chi connectivity index (χ2v) is 8.73. The maximum atomic E-state index is 3.76. The molecule has 1 nitrogen and oxygen atoms in total. The van der Waals surface area contributed by atoms with E-state index in [9.17, 15) is 0 Å². The molecule has 0 bridgehead atoms. The van der Waals surface area contributed by atoms with Gasteiger partial charge in [0.05, 0.1) is 5.54 Å². The van der Waals surface area contributed by atoms with Crippen LogP contribution < -0.4 is 5.32 Å². The molecule has 1 N–H and O–H groups in total. The monoisotopic (exact) mass is 401 g/mol. The van der Waals surface area contributed by atoms with Crippen LogP contribution in [0.4, 0.5) is 5.69 Å². The van der Waals surface area contributed by atoms with Crippen molar-refractivity contribution in [2.24, 2.45) is 0 Å². The highest BCUT2D eigenvalue weighted by molar-refractivity contribution is 5.93. The Morgan fingerprint density at radius 3 is 1.94 bits per heavy atom. The first-order chi connectivity index (χ1) is 15.1. The molecule has 4 aromatic carbocycles. The fourth-order valence-corrected chi connectivity index (χ4v) is 4.81. The third-order valence-electron chi connectivity index (χ3n) is 6.21. The smallest absolute Gasteiger partial charge is 0.0572 e. The summed E-state index contributed by atoms with van der Waals surface area (Å²) in [6, 6.07) is 38.9. The lowest BCUT2D eigenvalue weighted by atomic mass is 9.78. The zero-order valence-corrected chi connectivity index (χ0v) is 18.0. The number of anilines is 1. The molecule has 1 aliphatic rings. The number of hydrogen-bond donors (Lipinski definition) is 1. The molecule has 0 spiro atoms. The van der Waals surface area contributed by atoms with Crippen LogP contribution >= 0.6 is 0 Å². The summed E-state index contributed by atoms with van der Waals surface area (Å²) in [6.45, 7) is 4.54. The maximum Gasteiger partial charge on any atom is 0.0572 e. The Morgan fingerprint density at radius 1 is 0.613 bits per heavy atom. The van der Waals surface area contributed by atoms with Crippen molar-refractivity contribution in [3.05, 3.63) is 137 Å². The standard InChI is InChI=1S/C30H27N/c1-30(2,31-24-16-7-4-8-17-24)28-20-12-11-19-26(28)29-25-18-10-9-15-23(25)21-27(29)22-13-5-3-6-14-22/h3-21,29,31H,1-2H3. The van der Waals surface area contributed by atoms with Crippen molar-refractivity contribution < 1.29 is 0 Å². The summed E-state index contributed by atoms with van der Waals surface area (Å²) in [6.07, 6.45) is 2.36. The van der Waals surface area contributed by atoms with E-state index in [4.69, 9.17) is 0 Å². The first kappa shape index (κ1) is 19.4. The van der Waals surface area contributed by atoms with Gasteiger partial charge in [-0.2, -0.15) is 0 Å². The summed E-state index contributed by atoms with van der Waals surface area (Å²) in [7, 11) is 0. The summed E-state index contributed by atoms with van der Waals surface area (Å²) < 4.78 is 0. The average molecular weight is 402 g/mol. The van der Waals surface area contributed by atoms with Crippen molar-refractivity contribution in [3.63, 3.8) is 0 Å². The Kier molecular flexibility index (Phi) is 4.95. The van der Waals surface area contributed by atoms with Crippen LogP contribution in [0.3, 0.4) is 0 Å². The highest BCUT2D eigenvalue weighted by atomic mass is 15.0. The molecule has 5 rings (SSSR count). The lowest BCUT2D eigenvalue weighted by molar-refractivity contribution is 0.601. The van der Waals surface area contributed by atoms with Crippen molar-refractivity contribution in [1.29, 1.82) is 0 Å². The van der Waals surface area contributed by atoms with Crippen LogP contribution in [-0.4, -0.2) is 0 Å². The second-order valence-electron chi connectivity index (χ2n) is 8.73. The molecule has 0 saturated heterocycles. The Hall–Kier alpha value is -3.58. The molecule has 0 radical (unpaired) electrons. The fraction of sp³-hybridized carbons (Fsp3) is 0.133. The zero-order valence-electron chi connectivity index (χ0n) is 18.0. The molecule has 4 aromatic rings. The largest absolute Gasteiger partial charge is 0.376 e. The average Bonchev–Trinajstić information content (AvgIpc) is 3.20. The van der Waals surface area contributed by atoms with Gasteiger partial charge < -0.3 is 5.32 Å². The molecule has 0 saturated carbocycles. The highest BCUT2D eigenvalue weighted by Crippen LogP contribution is 2.48. The SMILES string of the molecule is CC(C)(Nc1ccccc1)c1ccccc1C1C(c2ccccc2)=Cc2ccccc21. The van der Waals surface area contributed by atoms with Crippen molar-refractivity contribution in [2.75, 3.05) is 5.32 Å². The van der Waals surface area contributed by atoms with Gasteiger partial charge in [0.15, 0.2) is 0 Å². The normalized spacial score (nSPS) is 15.3. The van der Waals surface area contributed by atoms with Crippen LogP contribution in [0.5, 0.6) is 0 Å². The van der Waals surface area contributed by atoms with Gasteiger partial charge in [-0.25, -0.2) is 0 Å². The first-order valence-corrected chi connectivity index (χ1v) is 10.9. The van der Waals surface area contributed by atoms with Gasteiger partial charge in [-0.15, -0.1) is 0 Å². The van der Waals surface area contributed by atoms with Gasteiger partial charge in [0.2, 0.25) is 0 Å². The minimum absolute atomic E-state index is 0.214. The van der Waals surface area contributed by atoms with E-state index in [0.717, 1.165) is 5.69 Å². The lowest BCUT2D eigenvalue weighted by Gasteiger charge is -2.33. The molecular formula is C30H27N. The first-order valence-electron chi connectivity index (χ1n) is 10.9. The van der Waals surface area contributed by atoms with Gasteiger partial charge in [-0.3, -0.25) is 0 Å². The summed E-state index contributed by atoms with van der Waals surface area (Å²) >= 11 is 0. The predicted octanol–water partition coefficient (Wildman–Crippen LogP) is 7.72. The van der Waals surface area contributed by atoms with Gasteiger partial charge >= 0.3 is 0 Å². The fourth-order valence-electron chi connectivity index (χ4n) is 4.81. The molecule has 0 heterocycles. The van der Waals surface area contributed by atoms with Gasteiger partial charge in [0.25, 0.3) is 0 Å². The number of hydrogen-bond acceptors (Lipinski definition) is 1. The van der Waals surface area contributed by atoms with E-state index in [1.807, 2.05) is 0 Å². The molecule has 1 heteroatoms. The molecule has 1 atom stereocenters. The van der Waals surface area contributed by atoms with Crippen molar-refractivity contribution in [1.82, 2.24) is 0 Å². The molecule has 1 aliphatic carbocycles. The number of para-hydroxylation sites is 1. The number of allylic oxidation sites excluding steroid dienone is 1. The van der Waals surface area contributed by atoms with Crippen LogP contribution in [0.15, 0.2) is 109 Å². The van der Waals surface area contributed by atoms with E-state index < -0.39 is 0 Å². The van der Waals surface area contributed by atoms with E-state index in [-0.39, 0.29) is 11.5 Å². The number of rotatable bonds is 5. The van der Waals surface area contributed by atoms with E-state index in [2.05, 4.69) is 134 Å². The Morgan fingerprint density at radius 2 is 1.19 bits per heavy atom. The van der Waals surface area contributed by atoms with E-state index in [1.165, 1.54) is 33.4 Å². The number of fused-ring (bicyclic) bond motifs is 1. The molecule has 0 amide bonds. The van der Waals surface area contributed by atoms with Gasteiger partial charge in [-0.05, 0) is 65.4 Å². The third-order valence-corrected chi connectivity index (χ3v) is 6.21. The molecule has 152 valence electrons. The number of nitrogens with one attached hydrogen (secondary N) is 1. The van der Waals surface area contributed by atoms with Crippen LogP contribution in [-0.2, 0) is 5.54 Å². The van der Waals surface area contributed by atoms with E-state index in [0.29, 0.717) is 0 Å². The summed E-state index contributed by atoms with van der Waals surface area (Å²) in [5, 5.41) is 3.76. The summed E-state index contributed by atoms with van der Waals surface area (Å²) in [5.41, 5.74) is 8.93. The van der Waals surface area contributed by atoms with Crippen LogP contribution in [0.1, 0.15) is 47.6 Å². The van der Waals surface area contributed by atoms with E-state index in [1.54, 1.807) is 0 Å².